The first-order chi connectivity index (χ1) is 8.00. The van der Waals surface area contributed by atoms with E-state index in [1.165, 1.54) is 0 Å². The zero-order valence-corrected chi connectivity index (χ0v) is 9.81. The minimum Gasteiger partial charge on any atom is -0.363 e. The zero-order valence-electron chi connectivity index (χ0n) is 9.81. The van der Waals surface area contributed by atoms with Crippen LogP contribution in [0.4, 0.5) is 0 Å². The van der Waals surface area contributed by atoms with Crippen molar-refractivity contribution in [3.8, 4) is 0 Å². The Balaban J connectivity index is 2.53. The molecule has 1 amide bonds. The lowest BCUT2D eigenvalue weighted by molar-refractivity contribution is -0.114. The van der Waals surface area contributed by atoms with Gasteiger partial charge in [-0.15, -0.1) is 0 Å². The third-order valence-corrected chi connectivity index (χ3v) is 2.76. The van der Waals surface area contributed by atoms with Gasteiger partial charge >= 0.3 is 0 Å². The van der Waals surface area contributed by atoms with Crippen molar-refractivity contribution in [1.82, 2.24) is 4.57 Å². The Morgan fingerprint density at radius 1 is 1.24 bits per heavy atom. The Morgan fingerprint density at radius 2 is 1.94 bits per heavy atom. The Labute approximate surface area is 99.0 Å². The Kier molecular flexibility index (Phi) is 2.71. The number of Topliss-reactive ketones (excluding diaryl/α,β-unsaturated/α-hetero) is 1. The molecule has 0 unspecified atom stereocenters. The average molecular weight is 230 g/mol. The highest BCUT2D eigenvalue weighted by Crippen LogP contribution is 2.21. The molecule has 0 fully saturated rings. The summed E-state index contributed by atoms with van der Waals surface area (Å²) in [6, 6.07) is 7.44. The van der Waals surface area contributed by atoms with E-state index in [1.54, 1.807) is 12.1 Å². The molecule has 0 bridgehead atoms. The zero-order chi connectivity index (χ0) is 12.6. The van der Waals surface area contributed by atoms with E-state index in [-0.39, 0.29) is 0 Å². The van der Waals surface area contributed by atoms with Gasteiger partial charge in [0.2, 0.25) is 5.78 Å². The summed E-state index contributed by atoms with van der Waals surface area (Å²) in [7, 11) is 0. The molecule has 0 aliphatic carbocycles. The topological polar surface area (TPSA) is 65.1 Å². The molecule has 0 spiro atoms. The Morgan fingerprint density at radius 3 is 2.53 bits per heavy atom. The van der Waals surface area contributed by atoms with Crippen LogP contribution in [0.3, 0.4) is 0 Å². The fraction of sp³-hybridized carbons (Fsp3) is 0.231. The summed E-state index contributed by atoms with van der Waals surface area (Å²) in [5.74, 6) is -1.57. The van der Waals surface area contributed by atoms with Crippen LogP contribution < -0.4 is 5.73 Å². The van der Waals surface area contributed by atoms with Crippen LogP contribution in [0.15, 0.2) is 30.5 Å². The van der Waals surface area contributed by atoms with Gasteiger partial charge in [0, 0.05) is 28.7 Å². The number of nitrogens with zero attached hydrogens (tertiary/aromatic N) is 1. The third-order valence-electron chi connectivity index (χ3n) is 2.76. The summed E-state index contributed by atoms with van der Waals surface area (Å²) >= 11 is 0. The van der Waals surface area contributed by atoms with Gasteiger partial charge in [-0.2, -0.15) is 0 Å². The third kappa shape index (κ3) is 1.93. The minimum atomic E-state index is -0.923. The van der Waals surface area contributed by atoms with Crippen molar-refractivity contribution in [2.75, 3.05) is 0 Å². The lowest BCUT2D eigenvalue weighted by Crippen LogP contribution is -2.22. The maximum atomic E-state index is 11.4. The predicted octanol–water partition coefficient (Wildman–Crippen LogP) is 1.89. The number of aromatic nitrogens is 1. The maximum absolute atomic E-state index is 11.4. The number of benzene rings is 1. The van der Waals surface area contributed by atoms with Crippen LogP contribution >= 0.6 is 0 Å². The van der Waals surface area contributed by atoms with Gasteiger partial charge < -0.3 is 10.3 Å². The highest BCUT2D eigenvalue weighted by Gasteiger charge is 2.13. The molecule has 4 nitrogen and oxygen atoms in total. The second-order valence-corrected chi connectivity index (χ2v) is 4.28. The molecule has 0 radical (unpaired) electrons. The van der Waals surface area contributed by atoms with Crippen LogP contribution in [0, 0.1) is 0 Å². The molecule has 2 rings (SSSR count). The summed E-state index contributed by atoms with van der Waals surface area (Å²) in [6.45, 7) is 4.17. The van der Waals surface area contributed by atoms with Crippen LogP contribution in [0.2, 0.25) is 0 Å². The number of carbonyl (C=O) groups excluding carboxylic acids is 2. The number of hydrogen-bond acceptors (Lipinski definition) is 2. The summed E-state index contributed by atoms with van der Waals surface area (Å²) in [4.78, 5) is 22.3. The fourth-order valence-electron chi connectivity index (χ4n) is 1.90. The lowest BCUT2D eigenvalue weighted by atomic mass is 10.1. The van der Waals surface area contributed by atoms with E-state index in [4.69, 9.17) is 5.73 Å². The van der Waals surface area contributed by atoms with Crippen molar-refractivity contribution in [1.29, 1.82) is 0 Å². The van der Waals surface area contributed by atoms with Gasteiger partial charge in [-0.3, -0.25) is 9.59 Å². The van der Waals surface area contributed by atoms with Crippen molar-refractivity contribution in [2.45, 2.75) is 19.9 Å². The van der Waals surface area contributed by atoms with E-state index >= 15 is 0 Å². The number of nitrogens with two attached hydrogens (primary N) is 1. The van der Waals surface area contributed by atoms with Crippen LogP contribution in [0.1, 0.15) is 30.2 Å². The van der Waals surface area contributed by atoms with Crippen LogP contribution in [-0.2, 0) is 4.79 Å². The molecule has 0 saturated carbocycles. The van der Waals surface area contributed by atoms with Crippen molar-refractivity contribution >= 4 is 22.6 Å². The van der Waals surface area contributed by atoms with E-state index in [0.717, 1.165) is 10.9 Å². The summed E-state index contributed by atoms with van der Waals surface area (Å²) in [5.41, 5.74) is 6.35. The second-order valence-electron chi connectivity index (χ2n) is 4.28. The second kappa shape index (κ2) is 4.05. The van der Waals surface area contributed by atoms with Gasteiger partial charge in [0.15, 0.2) is 0 Å². The molecule has 0 aliphatic heterocycles. The van der Waals surface area contributed by atoms with Gasteiger partial charge in [-0.05, 0) is 38.1 Å². The van der Waals surface area contributed by atoms with E-state index in [9.17, 15) is 9.59 Å². The standard InChI is InChI=1S/C13H14N2O2/c1-8(2)15-6-5-9-7-10(3-4-11(9)15)12(16)13(14)17/h3-8H,1-2H3,(H2,14,17). The number of carbonyl (C=O) groups is 2. The molecule has 2 aromatic rings. The Hall–Kier alpha value is -2.10. The van der Waals surface area contributed by atoms with Gasteiger partial charge in [0.25, 0.3) is 5.91 Å². The SMILES string of the molecule is CC(C)n1ccc2cc(C(=O)C(N)=O)ccc21. The molecule has 1 aromatic carbocycles. The average Bonchev–Trinajstić information content (AvgIpc) is 2.70. The molecule has 17 heavy (non-hydrogen) atoms. The number of primary amides is 1. The smallest absolute Gasteiger partial charge is 0.289 e. The summed E-state index contributed by atoms with van der Waals surface area (Å²) in [6.07, 6.45) is 1.97. The van der Waals surface area contributed by atoms with Gasteiger partial charge in [-0.25, -0.2) is 0 Å². The molecule has 4 heteroatoms. The van der Waals surface area contributed by atoms with Gasteiger partial charge in [0.05, 0.1) is 0 Å². The lowest BCUT2D eigenvalue weighted by Gasteiger charge is -2.09. The monoisotopic (exact) mass is 230 g/mol. The molecule has 1 aromatic heterocycles. The quantitative estimate of drug-likeness (QED) is 0.646. The molecule has 1 heterocycles. The molecule has 2 N–H and O–H groups in total. The number of ketones is 1. The largest absolute Gasteiger partial charge is 0.363 e. The van der Waals surface area contributed by atoms with Crippen LogP contribution in [0.5, 0.6) is 0 Å². The number of rotatable bonds is 3. The normalized spacial score (nSPS) is 11.0. The van der Waals surface area contributed by atoms with Crippen LogP contribution in [0.25, 0.3) is 10.9 Å². The summed E-state index contributed by atoms with van der Waals surface area (Å²) in [5, 5.41) is 0.936. The molecule has 0 saturated heterocycles. The number of fused-ring (bicyclic) bond motifs is 1. The highest BCUT2D eigenvalue weighted by molar-refractivity contribution is 6.42. The van der Waals surface area contributed by atoms with Gasteiger partial charge in [0.1, 0.15) is 0 Å². The molecule has 0 atom stereocenters. The van der Waals surface area contributed by atoms with Crippen molar-refractivity contribution < 1.29 is 9.59 Å². The molecule has 0 aliphatic rings. The van der Waals surface area contributed by atoms with Crippen molar-refractivity contribution in [2.24, 2.45) is 5.73 Å². The first kappa shape index (κ1) is 11.4. The van der Waals surface area contributed by atoms with Crippen molar-refractivity contribution in [3.63, 3.8) is 0 Å². The van der Waals surface area contributed by atoms with E-state index in [0.29, 0.717) is 11.6 Å². The van der Waals surface area contributed by atoms with Gasteiger partial charge in [-0.1, -0.05) is 0 Å². The molecular weight excluding hydrogens is 216 g/mol. The fourth-order valence-corrected chi connectivity index (χ4v) is 1.90. The van der Waals surface area contributed by atoms with E-state index < -0.39 is 11.7 Å². The number of amides is 1. The van der Waals surface area contributed by atoms with E-state index in [1.807, 2.05) is 18.3 Å². The predicted molar refractivity (Wildman–Crippen MR) is 65.8 cm³/mol. The number of hydrogen-bond donors (Lipinski definition) is 1. The minimum absolute atomic E-state index is 0.339. The molecular formula is C13H14N2O2. The highest BCUT2D eigenvalue weighted by atomic mass is 16.2. The Bertz CT molecular complexity index is 596. The molecule has 88 valence electrons. The van der Waals surface area contributed by atoms with Crippen molar-refractivity contribution in [3.05, 3.63) is 36.0 Å². The van der Waals surface area contributed by atoms with E-state index in [2.05, 4.69) is 18.4 Å². The van der Waals surface area contributed by atoms with Crippen LogP contribution in [-0.4, -0.2) is 16.3 Å². The maximum Gasteiger partial charge on any atom is 0.289 e. The first-order valence-corrected chi connectivity index (χ1v) is 5.45. The summed E-state index contributed by atoms with van der Waals surface area (Å²) < 4.78 is 2.11. The first-order valence-electron chi connectivity index (χ1n) is 5.45.